The number of nitrogens with two attached hydrogens (primary N) is 1. The van der Waals surface area contributed by atoms with E-state index in [1.807, 2.05) is 0 Å². The Labute approximate surface area is 129 Å². The van der Waals surface area contributed by atoms with E-state index in [4.69, 9.17) is 5.73 Å². The molecule has 0 amide bonds. The molecule has 116 valence electrons. The van der Waals surface area contributed by atoms with Crippen molar-refractivity contribution in [1.29, 1.82) is 0 Å². The summed E-state index contributed by atoms with van der Waals surface area (Å²) in [5, 5.41) is 0. The van der Waals surface area contributed by atoms with Gasteiger partial charge in [0.1, 0.15) is 0 Å². The second-order valence-corrected chi connectivity index (χ2v) is 7.03. The number of fused-ring (bicyclic) bond motifs is 1. The van der Waals surface area contributed by atoms with E-state index in [1.165, 1.54) is 36.9 Å². The van der Waals surface area contributed by atoms with Crippen molar-refractivity contribution >= 4 is 0 Å². The lowest BCUT2D eigenvalue weighted by molar-refractivity contribution is 0.0824. The minimum atomic E-state index is 0.151. The summed E-state index contributed by atoms with van der Waals surface area (Å²) < 4.78 is 0. The summed E-state index contributed by atoms with van der Waals surface area (Å²) in [5.74, 6) is 0. The average Bonchev–Trinajstić information content (AvgIpc) is 2.91. The Balaban J connectivity index is 1.75. The number of likely N-dealkylation sites (tertiary alicyclic amines) is 1. The van der Waals surface area contributed by atoms with Crippen LogP contribution in [0.25, 0.3) is 0 Å². The third kappa shape index (κ3) is 2.87. The van der Waals surface area contributed by atoms with Gasteiger partial charge in [0.25, 0.3) is 0 Å². The lowest BCUT2D eigenvalue weighted by Crippen LogP contribution is -2.58. The molecule has 3 nitrogen and oxygen atoms in total. The summed E-state index contributed by atoms with van der Waals surface area (Å²) in [6, 6.07) is 9.59. The monoisotopic (exact) mass is 287 g/mol. The zero-order valence-electron chi connectivity index (χ0n) is 13.5. The van der Waals surface area contributed by atoms with Crippen LogP contribution in [0.3, 0.4) is 0 Å². The number of hydrogen-bond donors (Lipinski definition) is 1. The summed E-state index contributed by atoms with van der Waals surface area (Å²) in [5.41, 5.74) is 9.42. The third-order valence-electron chi connectivity index (χ3n) is 5.84. The van der Waals surface area contributed by atoms with Crippen molar-refractivity contribution in [3.8, 4) is 0 Å². The fourth-order valence-electron chi connectivity index (χ4n) is 4.16. The van der Waals surface area contributed by atoms with Crippen molar-refractivity contribution < 1.29 is 0 Å². The van der Waals surface area contributed by atoms with Crippen molar-refractivity contribution in [2.24, 2.45) is 5.73 Å². The van der Waals surface area contributed by atoms with Crippen LogP contribution in [0.5, 0.6) is 0 Å². The Morgan fingerprint density at radius 3 is 2.76 bits per heavy atom. The van der Waals surface area contributed by atoms with Crippen LogP contribution in [-0.2, 0) is 12.8 Å². The smallest absolute Gasteiger partial charge is 0.0372 e. The van der Waals surface area contributed by atoms with Crippen LogP contribution in [0, 0.1) is 0 Å². The molecule has 0 aromatic heterocycles. The Morgan fingerprint density at radius 1 is 1.33 bits per heavy atom. The molecule has 0 spiro atoms. The molecular weight excluding hydrogens is 258 g/mol. The highest BCUT2D eigenvalue weighted by Gasteiger charge is 2.38. The predicted molar refractivity (Wildman–Crippen MR) is 88.5 cm³/mol. The van der Waals surface area contributed by atoms with Gasteiger partial charge in [-0.3, -0.25) is 4.90 Å². The zero-order valence-corrected chi connectivity index (χ0v) is 13.5. The van der Waals surface area contributed by atoms with Crippen LogP contribution in [0.15, 0.2) is 24.3 Å². The first-order valence-electron chi connectivity index (χ1n) is 8.33. The number of aryl methyl sites for hydroxylation is 1. The first-order valence-corrected chi connectivity index (χ1v) is 8.33. The molecule has 0 radical (unpaired) electrons. The normalized spacial score (nSPS) is 29.8. The highest BCUT2D eigenvalue weighted by molar-refractivity contribution is 5.32. The van der Waals surface area contributed by atoms with Crippen molar-refractivity contribution in [2.75, 3.05) is 33.7 Å². The van der Waals surface area contributed by atoms with Gasteiger partial charge in [0.05, 0.1) is 0 Å². The van der Waals surface area contributed by atoms with E-state index in [0.717, 1.165) is 25.9 Å². The fraction of sp³-hybridized carbons (Fsp3) is 0.667. The van der Waals surface area contributed by atoms with Crippen LogP contribution in [0.2, 0.25) is 0 Å². The molecule has 1 fully saturated rings. The van der Waals surface area contributed by atoms with Crippen molar-refractivity contribution in [2.45, 2.75) is 43.7 Å². The molecule has 0 saturated carbocycles. The minimum Gasteiger partial charge on any atom is -0.329 e. The van der Waals surface area contributed by atoms with Gasteiger partial charge in [-0.05, 0) is 63.9 Å². The maximum absolute atomic E-state index is 6.25. The van der Waals surface area contributed by atoms with Crippen molar-refractivity contribution in [3.63, 3.8) is 0 Å². The maximum atomic E-state index is 6.25. The van der Waals surface area contributed by atoms with Crippen LogP contribution < -0.4 is 5.73 Å². The zero-order chi connectivity index (χ0) is 14.9. The van der Waals surface area contributed by atoms with Gasteiger partial charge in [-0.15, -0.1) is 0 Å². The molecular formula is C18H29N3. The Morgan fingerprint density at radius 2 is 2.10 bits per heavy atom. The van der Waals surface area contributed by atoms with E-state index in [0.29, 0.717) is 6.04 Å². The third-order valence-corrected chi connectivity index (χ3v) is 5.84. The molecule has 1 aromatic rings. The quantitative estimate of drug-likeness (QED) is 0.918. The molecule has 1 aromatic carbocycles. The molecule has 3 rings (SSSR count). The molecule has 1 aliphatic heterocycles. The summed E-state index contributed by atoms with van der Waals surface area (Å²) in [4.78, 5) is 5.08. The van der Waals surface area contributed by atoms with Gasteiger partial charge in [0.15, 0.2) is 0 Å². The van der Waals surface area contributed by atoms with E-state index >= 15 is 0 Å². The number of rotatable bonds is 4. The highest BCUT2D eigenvalue weighted by atomic mass is 15.2. The molecule has 1 aliphatic carbocycles. The largest absolute Gasteiger partial charge is 0.329 e. The number of benzene rings is 1. The van der Waals surface area contributed by atoms with Crippen LogP contribution in [0.4, 0.5) is 0 Å². The van der Waals surface area contributed by atoms with Crippen LogP contribution in [0.1, 0.15) is 30.4 Å². The lowest BCUT2D eigenvalue weighted by Gasteiger charge is -2.46. The van der Waals surface area contributed by atoms with Gasteiger partial charge < -0.3 is 10.6 Å². The van der Waals surface area contributed by atoms with Crippen molar-refractivity contribution in [3.05, 3.63) is 35.4 Å². The molecule has 2 atom stereocenters. The summed E-state index contributed by atoms with van der Waals surface area (Å²) in [6.07, 6.45) is 6.13. The first-order chi connectivity index (χ1) is 10.1. The number of nitrogens with zero attached hydrogens (tertiary/aromatic N) is 2. The molecule has 2 unspecified atom stereocenters. The fourth-order valence-corrected chi connectivity index (χ4v) is 4.16. The van der Waals surface area contributed by atoms with Crippen LogP contribution in [-0.4, -0.2) is 55.1 Å². The van der Waals surface area contributed by atoms with Crippen molar-refractivity contribution in [1.82, 2.24) is 9.80 Å². The SMILES string of the molecule is CN1CCCC1CN(C)C1(CN)CCc2ccccc2C1. The van der Waals surface area contributed by atoms with E-state index < -0.39 is 0 Å². The molecule has 3 heteroatoms. The molecule has 0 bridgehead atoms. The predicted octanol–water partition coefficient (Wildman–Crippen LogP) is 1.90. The van der Waals surface area contributed by atoms with E-state index in [-0.39, 0.29) is 5.54 Å². The first kappa shape index (κ1) is 15.0. The average molecular weight is 287 g/mol. The molecule has 2 N–H and O–H groups in total. The Kier molecular flexibility index (Phi) is 4.34. The molecule has 2 aliphatic rings. The summed E-state index contributed by atoms with van der Waals surface area (Å²) in [7, 11) is 4.55. The van der Waals surface area contributed by atoms with E-state index in [9.17, 15) is 0 Å². The van der Waals surface area contributed by atoms with Gasteiger partial charge in [0.2, 0.25) is 0 Å². The van der Waals surface area contributed by atoms with Crippen LogP contribution >= 0.6 is 0 Å². The highest BCUT2D eigenvalue weighted by Crippen LogP contribution is 2.33. The van der Waals surface area contributed by atoms with Gasteiger partial charge in [0, 0.05) is 24.7 Å². The maximum Gasteiger partial charge on any atom is 0.0372 e. The lowest BCUT2D eigenvalue weighted by atomic mass is 9.76. The molecule has 21 heavy (non-hydrogen) atoms. The molecule has 1 saturated heterocycles. The van der Waals surface area contributed by atoms with Gasteiger partial charge in [-0.25, -0.2) is 0 Å². The van der Waals surface area contributed by atoms with Gasteiger partial charge in [-0.2, -0.15) is 0 Å². The van der Waals surface area contributed by atoms with E-state index in [1.54, 1.807) is 0 Å². The Hall–Kier alpha value is -0.900. The second-order valence-electron chi connectivity index (χ2n) is 7.03. The standard InChI is InChI=1S/C18H29N3/c1-20-11-5-8-17(20)13-21(2)18(14-19)10-9-15-6-3-4-7-16(15)12-18/h3-4,6-7,17H,5,8-14,19H2,1-2H3. The summed E-state index contributed by atoms with van der Waals surface area (Å²) in [6.45, 7) is 3.15. The molecule has 1 heterocycles. The topological polar surface area (TPSA) is 32.5 Å². The second kappa shape index (κ2) is 6.07. The minimum absolute atomic E-state index is 0.151. The number of likely N-dealkylation sites (N-methyl/N-ethyl adjacent to an activating group) is 2. The van der Waals surface area contributed by atoms with Gasteiger partial charge in [-0.1, -0.05) is 24.3 Å². The summed E-state index contributed by atoms with van der Waals surface area (Å²) >= 11 is 0. The number of hydrogen-bond acceptors (Lipinski definition) is 3. The van der Waals surface area contributed by atoms with E-state index in [2.05, 4.69) is 48.2 Å². The van der Waals surface area contributed by atoms with Gasteiger partial charge >= 0.3 is 0 Å². The Bertz CT molecular complexity index is 487.